The first-order valence-corrected chi connectivity index (χ1v) is 6.96. The molecule has 1 aromatic rings. The van der Waals surface area contributed by atoms with Crippen molar-refractivity contribution in [3.63, 3.8) is 0 Å². The first-order valence-electron chi connectivity index (χ1n) is 5.35. The molecule has 1 aliphatic rings. The average molecular weight is 304 g/mol. The second kappa shape index (κ2) is 4.85. The minimum absolute atomic E-state index is 0.101. The summed E-state index contributed by atoms with van der Waals surface area (Å²) in [5.74, 6) is -0.101. The van der Waals surface area contributed by atoms with E-state index in [4.69, 9.17) is 0 Å². The third kappa shape index (κ3) is 2.84. The smallest absolute Gasteiger partial charge is 0.261 e. The number of carbonyl (C=O) groups excluding carboxylic acids is 1. The number of halogens is 1. The molecule has 1 amide bonds. The second-order valence-electron chi connectivity index (χ2n) is 4.22. The normalized spacial score (nSPS) is 18.6. The SMILES string of the molecule is O=C(NCC1(O)CCCC1)c1ccc(Br)s1. The molecular formula is C11H14BrNO2S. The average Bonchev–Trinajstić information content (AvgIpc) is 2.85. The monoisotopic (exact) mass is 303 g/mol. The number of carbonyl (C=O) groups is 1. The Balaban J connectivity index is 1.88. The summed E-state index contributed by atoms with van der Waals surface area (Å²) in [6.07, 6.45) is 3.69. The van der Waals surface area contributed by atoms with Crippen molar-refractivity contribution < 1.29 is 9.90 Å². The van der Waals surface area contributed by atoms with E-state index in [2.05, 4.69) is 21.2 Å². The van der Waals surface area contributed by atoms with Crippen molar-refractivity contribution >= 4 is 33.2 Å². The Morgan fingerprint density at radius 2 is 2.19 bits per heavy atom. The van der Waals surface area contributed by atoms with E-state index in [1.807, 2.05) is 6.07 Å². The lowest BCUT2D eigenvalue weighted by Crippen LogP contribution is -2.40. The van der Waals surface area contributed by atoms with Crippen molar-refractivity contribution in [3.05, 3.63) is 20.8 Å². The van der Waals surface area contributed by atoms with Gasteiger partial charge in [-0.15, -0.1) is 11.3 Å². The molecule has 3 nitrogen and oxygen atoms in total. The topological polar surface area (TPSA) is 49.3 Å². The van der Waals surface area contributed by atoms with Crippen molar-refractivity contribution in [2.75, 3.05) is 6.54 Å². The molecule has 1 aromatic heterocycles. The van der Waals surface area contributed by atoms with Crippen molar-refractivity contribution in [3.8, 4) is 0 Å². The predicted octanol–water partition coefficient (Wildman–Crippen LogP) is 2.55. The van der Waals surface area contributed by atoms with Crippen LogP contribution in [0.5, 0.6) is 0 Å². The van der Waals surface area contributed by atoms with Gasteiger partial charge in [-0.2, -0.15) is 0 Å². The van der Waals surface area contributed by atoms with Gasteiger partial charge in [0.2, 0.25) is 0 Å². The van der Waals surface area contributed by atoms with Crippen LogP contribution >= 0.6 is 27.3 Å². The lowest BCUT2D eigenvalue weighted by Gasteiger charge is -2.21. The van der Waals surface area contributed by atoms with E-state index in [-0.39, 0.29) is 5.91 Å². The Kier molecular flexibility index (Phi) is 3.66. The van der Waals surface area contributed by atoms with Gasteiger partial charge in [-0.3, -0.25) is 4.79 Å². The quantitative estimate of drug-likeness (QED) is 0.901. The molecule has 2 N–H and O–H groups in total. The van der Waals surface area contributed by atoms with Gasteiger partial charge in [-0.1, -0.05) is 12.8 Å². The van der Waals surface area contributed by atoms with Crippen molar-refractivity contribution in [2.45, 2.75) is 31.3 Å². The van der Waals surface area contributed by atoms with E-state index in [9.17, 15) is 9.90 Å². The van der Waals surface area contributed by atoms with Crippen LogP contribution in [0.4, 0.5) is 0 Å². The van der Waals surface area contributed by atoms with Gasteiger partial charge in [0.1, 0.15) is 0 Å². The summed E-state index contributed by atoms with van der Waals surface area (Å²) in [5, 5.41) is 12.9. The maximum absolute atomic E-state index is 11.7. The second-order valence-corrected chi connectivity index (χ2v) is 6.68. The van der Waals surface area contributed by atoms with Crippen LogP contribution in [-0.2, 0) is 0 Å². The summed E-state index contributed by atoms with van der Waals surface area (Å²) < 4.78 is 0.942. The van der Waals surface area contributed by atoms with Crippen LogP contribution < -0.4 is 5.32 Å². The van der Waals surface area contributed by atoms with Crippen LogP contribution in [0.2, 0.25) is 0 Å². The zero-order chi connectivity index (χ0) is 11.6. The standard InChI is InChI=1S/C11H14BrNO2S/c12-9-4-3-8(16-9)10(14)13-7-11(15)5-1-2-6-11/h3-4,15H,1-2,5-7H2,(H,13,14). The molecule has 0 aliphatic heterocycles. The highest BCUT2D eigenvalue weighted by atomic mass is 79.9. The molecule has 1 saturated carbocycles. The molecule has 16 heavy (non-hydrogen) atoms. The number of hydrogen-bond donors (Lipinski definition) is 2. The molecule has 0 bridgehead atoms. The third-order valence-corrected chi connectivity index (χ3v) is 4.53. The van der Waals surface area contributed by atoms with Gasteiger partial charge < -0.3 is 10.4 Å². The minimum atomic E-state index is -0.676. The molecule has 0 radical (unpaired) electrons. The van der Waals surface area contributed by atoms with Gasteiger partial charge in [-0.25, -0.2) is 0 Å². The molecule has 2 rings (SSSR count). The molecule has 88 valence electrons. The number of nitrogens with one attached hydrogen (secondary N) is 1. The first kappa shape index (κ1) is 12.1. The van der Waals surface area contributed by atoms with Gasteiger partial charge in [0, 0.05) is 6.54 Å². The van der Waals surface area contributed by atoms with E-state index < -0.39 is 5.60 Å². The van der Waals surface area contributed by atoms with Crippen LogP contribution in [0.25, 0.3) is 0 Å². The van der Waals surface area contributed by atoms with Gasteiger partial charge in [0.05, 0.1) is 14.3 Å². The highest BCUT2D eigenvalue weighted by molar-refractivity contribution is 9.11. The number of aliphatic hydroxyl groups is 1. The van der Waals surface area contributed by atoms with Crippen molar-refractivity contribution in [1.82, 2.24) is 5.32 Å². The van der Waals surface area contributed by atoms with E-state index in [1.54, 1.807) is 6.07 Å². The van der Waals surface area contributed by atoms with Crippen LogP contribution in [0.15, 0.2) is 15.9 Å². The number of rotatable bonds is 3. The highest BCUT2D eigenvalue weighted by Crippen LogP contribution is 2.29. The van der Waals surface area contributed by atoms with Crippen LogP contribution in [0.1, 0.15) is 35.4 Å². The fourth-order valence-corrected chi connectivity index (χ4v) is 3.28. The lowest BCUT2D eigenvalue weighted by atomic mass is 10.0. The molecule has 1 fully saturated rings. The molecule has 0 unspecified atom stereocenters. The summed E-state index contributed by atoms with van der Waals surface area (Å²) in [7, 11) is 0. The third-order valence-electron chi connectivity index (χ3n) is 2.91. The Hall–Kier alpha value is -0.390. The maximum Gasteiger partial charge on any atom is 0.261 e. The molecule has 0 spiro atoms. The van der Waals surface area contributed by atoms with Crippen LogP contribution in [0, 0.1) is 0 Å². The van der Waals surface area contributed by atoms with E-state index >= 15 is 0 Å². The molecule has 0 aromatic carbocycles. The summed E-state index contributed by atoms with van der Waals surface area (Å²) in [6.45, 7) is 0.362. The Bertz CT molecular complexity index is 385. The molecule has 0 atom stereocenters. The van der Waals surface area contributed by atoms with Gasteiger partial charge in [0.15, 0.2) is 0 Å². The van der Waals surface area contributed by atoms with Crippen LogP contribution in [0.3, 0.4) is 0 Å². The summed E-state index contributed by atoms with van der Waals surface area (Å²) >= 11 is 4.72. The molecule has 0 saturated heterocycles. The fraction of sp³-hybridized carbons (Fsp3) is 0.545. The van der Waals surface area contributed by atoms with Crippen molar-refractivity contribution in [1.29, 1.82) is 0 Å². The Morgan fingerprint density at radius 3 is 2.75 bits per heavy atom. The fourth-order valence-electron chi connectivity index (χ4n) is 1.98. The largest absolute Gasteiger partial charge is 0.388 e. The summed E-state index contributed by atoms with van der Waals surface area (Å²) in [5.41, 5.74) is -0.676. The van der Waals surface area contributed by atoms with Crippen LogP contribution in [-0.4, -0.2) is 23.2 Å². The lowest BCUT2D eigenvalue weighted by molar-refractivity contribution is 0.0450. The molecular weight excluding hydrogens is 290 g/mol. The zero-order valence-electron chi connectivity index (χ0n) is 8.83. The Morgan fingerprint density at radius 1 is 1.50 bits per heavy atom. The number of amides is 1. The minimum Gasteiger partial charge on any atom is -0.388 e. The number of thiophene rings is 1. The highest BCUT2D eigenvalue weighted by Gasteiger charge is 2.31. The molecule has 1 heterocycles. The van der Waals surface area contributed by atoms with Gasteiger partial charge >= 0.3 is 0 Å². The van der Waals surface area contributed by atoms with E-state index in [1.165, 1.54) is 11.3 Å². The first-order chi connectivity index (χ1) is 7.59. The predicted molar refractivity (Wildman–Crippen MR) is 67.8 cm³/mol. The Labute approximate surface area is 107 Å². The van der Waals surface area contributed by atoms with E-state index in [0.29, 0.717) is 11.4 Å². The van der Waals surface area contributed by atoms with Crippen molar-refractivity contribution in [2.24, 2.45) is 0 Å². The zero-order valence-corrected chi connectivity index (χ0v) is 11.2. The summed E-state index contributed by atoms with van der Waals surface area (Å²) in [4.78, 5) is 12.4. The molecule has 5 heteroatoms. The maximum atomic E-state index is 11.7. The summed E-state index contributed by atoms with van der Waals surface area (Å²) in [6, 6.07) is 3.63. The van der Waals surface area contributed by atoms with Gasteiger partial charge in [-0.05, 0) is 40.9 Å². The van der Waals surface area contributed by atoms with Gasteiger partial charge in [0.25, 0.3) is 5.91 Å². The molecule has 1 aliphatic carbocycles. The number of hydrogen-bond acceptors (Lipinski definition) is 3. The van der Waals surface area contributed by atoms with E-state index in [0.717, 1.165) is 29.5 Å².